The van der Waals surface area contributed by atoms with Gasteiger partial charge in [-0.05, 0) is 19.9 Å². The summed E-state index contributed by atoms with van der Waals surface area (Å²) >= 11 is 0. The number of rotatable bonds is 4. The van der Waals surface area contributed by atoms with Crippen molar-refractivity contribution >= 4 is 5.78 Å². The Kier molecular flexibility index (Phi) is 3.76. The highest BCUT2D eigenvalue weighted by Gasteiger charge is 2.12. The number of hydrogen-bond donors (Lipinski definition) is 0. The third kappa shape index (κ3) is 3.00. The molecule has 0 spiro atoms. The molecule has 0 saturated heterocycles. The Hall–Kier alpha value is -3.09. The highest BCUT2D eigenvalue weighted by atomic mass is 15.3. The normalized spacial score (nSPS) is 11.3. The van der Waals surface area contributed by atoms with Crippen LogP contribution in [0.25, 0.3) is 17.2 Å². The summed E-state index contributed by atoms with van der Waals surface area (Å²) in [5, 5.41) is 9.06. The van der Waals surface area contributed by atoms with Gasteiger partial charge in [-0.2, -0.15) is 10.1 Å². The number of nitrogens with zero attached hydrogens (tertiary/aromatic N) is 7. The fraction of sp³-hybridized carbons (Fsp3) is 0.278. The summed E-state index contributed by atoms with van der Waals surface area (Å²) in [5.41, 5.74) is 3.00. The first-order valence-electron chi connectivity index (χ1n) is 8.25. The van der Waals surface area contributed by atoms with E-state index < -0.39 is 0 Å². The predicted molar refractivity (Wildman–Crippen MR) is 94.1 cm³/mol. The maximum Gasteiger partial charge on any atom is 0.252 e. The van der Waals surface area contributed by atoms with Crippen molar-refractivity contribution in [1.29, 1.82) is 0 Å². The number of fused-ring (bicyclic) bond motifs is 1. The van der Waals surface area contributed by atoms with E-state index in [1.165, 1.54) is 0 Å². The van der Waals surface area contributed by atoms with Crippen molar-refractivity contribution < 1.29 is 0 Å². The molecule has 0 aliphatic rings. The van der Waals surface area contributed by atoms with Gasteiger partial charge in [0, 0.05) is 36.8 Å². The van der Waals surface area contributed by atoms with Gasteiger partial charge in [-0.25, -0.2) is 14.5 Å². The molecule has 3 heterocycles. The van der Waals surface area contributed by atoms with Crippen molar-refractivity contribution in [3.05, 3.63) is 59.4 Å². The molecule has 0 atom stereocenters. The topological polar surface area (TPSA) is 73.8 Å². The highest BCUT2D eigenvalue weighted by molar-refractivity contribution is 5.53. The van der Waals surface area contributed by atoms with Crippen molar-refractivity contribution in [1.82, 2.24) is 34.3 Å². The van der Waals surface area contributed by atoms with E-state index in [1.54, 1.807) is 4.52 Å². The SMILES string of the molecule is Cc1cc(C)n2nc(CCc3nc(-c4ccccc4)nn3C)nc2n1. The van der Waals surface area contributed by atoms with E-state index in [9.17, 15) is 0 Å². The van der Waals surface area contributed by atoms with Crippen molar-refractivity contribution in [3.63, 3.8) is 0 Å². The first kappa shape index (κ1) is 15.4. The molecule has 7 nitrogen and oxygen atoms in total. The van der Waals surface area contributed by atoms with E-state index in [0.29, 0.717) is 12.2 Å². The van der Waals surface area contributed by atoms with Crippen LogP contribution in [-0.2, 0) is 19.9 Å². The fourth-order valence-electron chi connectivity index (χ4n) is 2.88. The lowest BCUT2D eigenvalue weighted by molar-refractivity contribution is 0.683. The minimum Gasteiger partial charge on any atom is -0.253 e. The van der Waals surface area contributed by atoms with Crippen LogP contribution in [0.3, 0.4) is 0 Å². The van der Waals surface area contributed by atoms with Gasteiger partial charge >= 0.3 is 0 Å². The van der Waals surface area contributed by atoms with Gasteiger partial charge in [0.15, 0.2) is 11.6 Å². The second-order valence-corrected chi connectivity index (χ2v) is 6.12. The molecule has 4 aromatic rings. The lowest BCUT2D eigenvalue weighted by Crippen LogP contribution is -2.03. The summed E-state index contributed by atoms with van der Waals surface area (Å²) < 4.78 is 3.61. The molecule has 3 aromatic heterocycles. The maximum atomic E-state index is 4.65. The Morgan fingerprint density at radius 3 is 2.52 bits per heavy atom. The van der Waals surface area contributed by atoms with Crippen molar-refractivity contribution in [2.75, 3.05) is 0 Å². The van der Waals surface area contributed by atoms with E-state index in [0.717, 1.165) is 40.8 Å². The van der Waals surface area contributed by atoms with Crippen molar-refractivity contribution in [2.24, 2.45) is 7.05 Å². The Balaban J connectivity index is 1.56. The monoisotopic (exact) mass is 333 g/mol. The molecule has 0 radical (unpaired) electrons. The minimum atomic E-state index is 0.649. The highest BCUT2D eigenvalue weighted by Crippen LogP contribution is 2.15. The number of benzene rings is 1. The third-order valence-corrected chi connectivity index (χ3v) is 4.12. The van der Waals surface area contributed by atoms with Crippen LogP contribution in [0, 0.1) is 13.8 Å². The van der Waals surface area contributed by atoms with Gasteiger partial charge in [0.1, 0.15) is 5.82 Å². The third-order valence-electron chi connectivity index (χ3n) is 4.12. The molecule has 0 unspecified atom stereocenters. The van der Waals surface area contributed by atoms with Gasteiger partial charge in [-0.1, -0.05) is 30.3 Å². The van der Waals surface area contributed by atoms with Gasteiger partial charge in [-0.3, -0.25) is 4.68 Å². The Morgan fingerprint density at radius 1 is 0.920 bits per heavy atom. The summed E-state index contributed by atoms with van der Waals surface area (Å²) in [4.78, 5) is 13.6. The van der Waals surface area contributed by atoms with Crippen molar-refractivity contribution in [3.8, 4) is 11.4 Å². The number of aryl methyl sites for hydroxylation is 5. The number of hydrogen-bond acceptors (Lipinski definition) is 5. The molecule has 0 aliphatic carbocycles. The number of aromatic nitrogens is 7. The van der Waals surface area contributed by atoms with Crippen LogP contribution in [0.2, 0.25) is 0 Å². The summed E-state index contributed by atoms with van der Waals surface area (Å²) in [6.07, 6.45) is 1.42. The second-order valence-electron chi connectivity index (χ2n) is 6.12. The van der Waals surface area contributed by atoms with E-state index >= 15 is 0 Å². The maximum absolute atomic E-state index is 4.65. The molecule has 25 heavy (non-hydrogen) atoms. The zero-order valence-electron chi connectivity index (χ0n) is 14.5. The van der Waals surface area contributed by atoms with Crippen LogP contribution < -0.4 is 0 Å². The molecule has 0 aliphatic heterocycles. The molecule has 126 valence electrons. The molecule has 0 saturated carbocycles. The van der Waals surface area contributed by atoms with E-state index in [1.807, 2.05) is 62.0 Å². The van der Waals surface area contributed by atoms with Gasteiger partial charge in [0.05, 0.1) is 0 Å². The summed E-state index contributed by atoms with van der Waals surface area (Å²) in [6.45, 7) is 3.97. The van der Waals surface area contributed by atoms with E-state index in [4.69, 9.17) is 0 Å². The molecule has 7 heteroatoms. The van der Waals surface area contributed by atoms with Crippen molar-refractivity contribution in [2.45, 2.75) is 26.7 Å². The fourth-order valence-corrected chi connectivity index (χ4v) is 2.88. The van der Waals surface area contributed by atoms with Gasteiger partial charge in [-0.15, -0.1) is 5.10 Å². The van der Waals surface area contributed by atoms with Crippen LogP contribution in [-0.4, -0.2) is 34.3 Å². The van der Waals surface area contributed by atoms with Gasteiger partial charge < -0.3 is 0 Å². The summed E-state index contributed by atoms with van der Waals surface area (Å²) in [6, 6.07) is 12.0. The van der Waals surface area contributed by atoms with Crippen LogP contribution >= 0.6 is 0 Å². The second kappa shape index (κ2) is 6.08. The predicted octanol–water partition coefficient (Wildman–Crippen LogP) is 2.32. The Labute approximate surface area is 145 Å². The molecular formula is C18H19N7. The largest absolute Gasteiger partial charge is 0.253 e. The first-order chi connectivity index (χ1) is 12.1. The van der Waals surface area contributed by atoms with Gasteiger partial charge in [0.25, 0.3) is 5.78 Å². The molecule has 1 aromatic carbocycles. The van der Waals surface area contributed by atoms with Gasteiger partial charge in [0.2, 0.25) is 0 Å². The zero-order chi connectivity index (χ0) is 17.4. The lowest BCUT2D eigenvalue weighted by atomic mass is 10.2. The van der Waals surface area contributed by atoms with Crippen LogP contribution in [0.4, 0.5) is 0 Å². The smallest absolute Gasteiger partial charge is 0.252 e. The molecule has 0 bridgehead atoms. The average Bonchev–Trinajstić information content (AvgIpc) is 3.17. The summed E-state index contributed by atoms with van der Waals surface area (Å²) in [7, 11) is 1.92. The lowest BCUT2D eigenvalue weighted by Gasteiger charge is -1.97. The Morgan fingerprint density at radius 2 is 1.72 bits per heavy atom. The van der Waals surface area contributed by atoms with E-state index in [-0.39, 0.29) is 0 Å². The minimum absolute atomic E-state index is 0.649. The molecule has 4 rings (SSSR count). The summed E-state index contributed by atoms with van der Waals surface area (Å²) in [5.74, 6) is 3.08. The van der Waals surface area contributed by atoms with Crippen LogP contribution in [0.15, 0.2) is 36.4 Å². The zero-order valence-corrected chi connectivity index (χ0v) is 14.5. The molecule has 0 fully saturated rings. The van der Waals surface area contributed by atoms with Crippen LogP contribution in [0.5, 0.6) is 0 Å². The Bertz CT molecular complexity index is 1030. The molecule has 0 amide bonds. The molecule has 0 N–H and O–H groups in total. The average molecular weight is 333 g/mol. The molecular weight excluding hydrogens is 314 g/mol. The van der Waals surface area contributed by atoms with Crippen LogP contribution in [0.1, 0.15) is 23.0 Å². The quantitative estimate of drug-likeness (QED) is 0.573. The first-order valence-corrected chi connectivity index (χ1v) is 8.25. The standard InChI is InChI=1S/C18H19N7/c1-12-11-13(2)25-18(19-12)20-15(22-25)9-10-16-21-17(23-24(16)3)14-7-5-4-6-8-14/h4-8,11H,9-10H2,1-3H3. The van der Waals surface area contributed by atoms with E-state index in [2.05, 4.69) is 25.1 Å².